The van der Waals surface area contributed by atoms with Crippen molar-refractivity contribution in [1.82, 2.24) is 4.90 Å². The van der Waals surface area contributed by atoms with E-state index >= 15 is 0 Å². The Labute approximate surface area is 109 Å². The minimum absolute atomic E-state index is 0.0857. The molecule has 0 radical (unpaired) electrons. The number of carbonyl (C=O) groups is 1. The third-order valence-electron chi connectivity index (χ3n) is 2.93. The molecule has 4 nitrogen and oxygen atoms in total. The standard InChI is InChI=1S/C14H22N2O2/c1-12(11-15)3-4-13(2)14(17)5-6-16-7-9-18-10-8-16/h3-4,11H,2,5-10,15H2,1H3/b4-3-,12-11-. The molecule has 1 saturated heterocycles. The van der Waals surface area contributed by atoms with Gasteiger partial charge in [0.15, 0.2) is 5.78 Å². The number of Topliss-reactive ketones (excluding diaryl/α,β-unsaturated/α-hetero) is 1. The van der Waals surface area contributed by atoms with E-state index in [4.69, 9.17) is 10.5 Å². The van der Waals surface area contributed by atoms with Gasteiger partial charge in [0.25, 0.3) is 0 Å². The van der Waals surface area contributed by atoms with Crippen LogP contribution in [0.15, 0.2) is 36.1 Å². The van der Waals surface area contributed by atoms with Crippen molar-refractivity contribution in [2.45, 2.75) is 13.3 Å². The van der Waals surface area contributed by atoms with Gasteiger partial charge in [-0.3, -0.25) is 9.69 Å². The van der Waals surface area contributed by atoms with Gasteiger partial charge in [-0.25, -0.2) is 0 Å². The third kappa shape index (κ3) is 5.29. The third-order valence-corrected chi connectivity index (χ3v) is 2.93. The van der Waals surface area contributed by atoms with Crippen LogP contribution in [0.3, 0.4) is 0 Å². The molecule has 2 N–H and O–H groups in total. The first-order valence-corrected chi connectivity index (χ1v) is 6.22. The maximum absolute atomic E-state index is 11.8. The number of hydrogen-bond acceptors (Lipinski definition) is 4. The lowest BCUT2D eigenvalue weighted by Crippen LogP contribution is -2.37. The lowest BCUT2D eigenvalue weighted by Gasteiger charge is -2.26. The summed E-state index contributed by atoms with van der Waals surface area (Å²) in [5, 5.41) is 0. The lowest BCUT2D eigenvalue weighted by atomic mass is 10.1. The molecule has 1 fully saturated rings. The van der Waals surface area contributed by atoms with E-state index in [1.165, 1.54) is 6.20 Å². The van der Waals surface area contributed by atoms with Crippen LogP contribution in [0, 0.1) is 0 Å². The van der Waals surface area contributed by atoms with Crippen molar-refractivity contribution >= 4 is 5.78 Å². The van der Waals surface area contributed by atoms with Crippen molar-refractivity contribution in [3.8, 4) is 0 Å². The molecule has 0 spiro atoms. The summed E-state index contributed by atoms with van der Waals surface area (Å²) in [5.41, 5.74) is 6.79. The minimum atomic E-state index is 0.0857. The minimum Gasteiger partial charge on any atom is -0.404 e. The number of nitrogens with zero attached hydrogens (tertiary/aromatic N) is 1. The number of allylic oxidation sites excluding steroid dienone is 4. The highest BCUT2D eigenvalue weighted by Crippen LogP contribution is 2.05. The van der Waals surface area contributed by atoms with Crippen LogP contribution in [0.25, 0.3) is 0 Å². The highest BCUT2D eigenvalue weighted by atomic mass is 16.5. The summed E-state index contributed by atoms with van der Waals surface area (Å²) < 4.78 is 5.26. The molecule has 1 rings (SSSR count). The Balaban J connectivity index is 2.31. The molecule has 0 amide bonds. The normalized spacial score (nSPS) is 18.2. The average Bonchev–Trinajstić information content (AvgIpc) is 2.42. The molecule has 18 heavy (non-hydrogen) atoms. The zero-order valence-electron chi connectivity index (χ0n) is 11.0. The largest absolute Gasteiger partial charge is 0.404 e. The first kappa shape index (κ1) is 14.7. The smallest absolute Gasteiger partial charge is 0.163 e. The van der Waals surface area contributed by atoms with Gasteiger partial charge < -0.3 is 10.5 Å². The van der Waals surface area contributed by atoms with E-state index in [1.54, 1.807) is 12.2 Å². The van der Waals surface area contributed by atoms with Gasteiger partial charge in [-0.05, 0) is 18.7 Å². The van der Waals surface area contributed by atoms with Gasteiger partial charge in [0, 0.05) is 31.6 Å². The monoisotopic (exact) mass is 250 g/mol. The maximum atomic E-state index is 11.8. The molecule has 0 aromatic rings. The summed E-state index contributed by atoms with van der Waals surface area (Å²) in [5.74, 6) is 0.0857. The van der Waals surface area contributed by atoms with Crippen LogP contribution in [0.1, 0.15) is 13.3 Å². The van der Waals surface area contributed by atoms with Crippen LogP contribution in [0.2, 0.25) is 0 Å². The summed E-state index contributed by atoms with van der Waals surface area (Å²) >= 11 is 0. The van der Waals surface area contributed by atoms with E-state index in [0.29, 0.717) is 12.0 Å². The number of hydrogen-bond donors (Lipinski definition) is 1. The van der Waals surface area contributed by atoms with Crippen molar-refractivity contribution in [2.75, 3.05) is 32.8 Å². The zero-order valence-corrected chi connectivity index (χ0v) is 11.0. The van der Waals surface area contributed by atoms with E-state index in [2.05, 4.69) is 11.5 Å². The summed E-state index contributed by atoms with van der Waals surface area (Å²) in [6.07, 6.45) is 5.53. The quantitative estimate of drug-likeness (QED) is 0.569. The fourth-order valence-corrected chi connectivity index (χ4v) is 1.63. The van der Waals surface area contributed by atoms with Crippen LogP contribution < -0.4 is 5.73 Å². The van der Waals surface area contributed by atoms with Crippen LogP contribution in [0.5, 0.6) is 0 Å². The predicted molar refractivity (Wildman–Crippen MR) is 73.1 cm³/mol. The highest BCUT2D eigenvalue weighted by molar-refractivity contribution is 5.97. The van der Waals surface area contributed by atoms with Gasteiger partial charge in [-0.1, -0.05) is 18.7 Å². The highest BCUT2D eigenvalue weighted by Gasteiger charge is 2.12. The molecule has 4 heteroatoms. The van der Waals surface area contributed by atoms with E-state index in [9.17, 15) is 4.79 Å². The molecule has 0 saturated carbocycles. The molecular formula is C14H22N2O2. The molecule has 1 aliphatic rings. The molecule has 1 aliphatic heterocycles. The Kier molecular flexibility index (Phi) is 6.39. The number of carbonyl (C=O) groups excluding carboxylic acids is 1. The number of ketones is 1. The van der Waals surface area contributed by atoms with E-state index in [1.807, 2.05) is 6.92 Å². The van der Waals surface area contributed by atoms with Gasteiger partial charge in [-0.2, -0.15) is 0 Å². The predicted octanol–water partition coefficient (Wildman–Crippen LogP) is 1.25. The van der Waals surface area contributed by atoms with Gasteiger partial charge in [0.1, 0.15) is 0 Å². The number of nitrogens with two attached hydrogens (primary N) is 1. The van der Waals surface area contributed by atoms with Crippen molar-refractivity contribution in [2.24, 2.45) is 5.73 Å². The number of morpholine rings is 1. The van der Waals surface area contributed by atoms with E-state index < -0.39 is 0 Å². The number of ether oxygens (including phenoxy) is 1. The summed E-state index contributed by atoms with van der Waals surface area (Å²) in [6, 6.07) is 0. The fraction of sp³-hybridized carbons (Fsp3) is 0.500. The molecule has 0 aromatic carbocycles. The van der Waals surface area contributed by atoms with Crippen molar-refractivity contribution < 1.29 is 9.53 Å². The van der Waals surface area contributed by atoms with Gasteiger partial charge in [-0.15, -0.1) is 0 Å². The topological polar surface area (TPSA) is 55.6 Å². The van der Waals surface area contributed by atoms with Gasteiger partial charge >= 0.3 is 0 Å². The average molecular weight is 250 g/mol. The summed E-state index contributed by atoms with van der Waals surface area (Å²) in [6.45, 7) is 9.77. The second-order valence-electron chi connectivity index (χ2n) is 4.40. The Bertz CT molecular complexity index is 353. The molecular weight excluding hydrogens is 228 g/mol. The molecule has 1 heterocycles. The zero-order chi connectivity index (χ0) is 13.4. The Morgan fingerprint density at radius 1 is 1.39 bits per heavy atom. The Hall–Kier alpha value is -1.39. The van der Waals surface area contributed by atoms with Gasteiger partial charge in [0.2, 0.25) is 0 Å². The van der Waals surface area contributed by atoms with Crippen LogP contribution >= 0.6 is 0 Å². The van der Waals surface area contributed by atoms with Gasteiger partial charge in [0.05, 0.1) is 13.2 Å². The lowest BCUT2D eigenvalue weighted by molar-refractivity contribution is -0.115. The SMILES string of the molecule is C=C(/C=C\C(C)=C/N)C(=O)CCN1CCOCC1. The second-order valence-corrected chi connectivity index (χ2v) is 4.40. The van der Waals surface area contributed by atoms with Crippen LogP contribution in [-0.2, 0) is 9.53 Å². The molecule has 0 atom stereocenters. The van der Waals surface area contributed by atoms with Crippen molar-refractivity contribution in [1.29, 1.82) is 0 Å². The summed E-state index contributed by atoms with van der Waals surface area (Å²) in [7, 11) is 0. The van der Waals surface area contributed by atoms with Crippen molar-refractivity contribution in [3.05, 3.63) is 36.1 Å². The molecule has 0 bridgehead atoms. The van der Waals surface area contributed by atoms with Crippen LogP contribution in [0.4, 0.5) is 0 Å². The van der Waals surface area contributed by atoms with E-state index in [0.717, 1.165) is 38.4 Å². The molecule has 0 unspecified atom stereocenters. The van der Waals surface area contributed by atoms with Crippen LogP contribution in [-0.4, -0.2) is 43.5 Å². The molecule has 100 valence electrons. The maximum Gasteiger partial charge on any atom is 0.163 e. The number of rotatable bonds is 6. The second kappa shape index (κ2) is 7.84. The first-order valence-electron chi connectivity index (χ1n) is 6.22. The molecule has 0 aromatic heterocycles. The van der Waals surface area contributed by atoms with E-state index in [-0.39, 0.29) is 5.78 Å². The molecule has 0 aliphatic carbocycles. The summed E-state index contributed by atoms with van der Waals surface area (Å²) in [4.78, 5) is 14.1. The fourth-order valence-electron chi connectivity index (χ4n) is 1.63. The van der Waals surface area contributed by atoms with Crippen molar-refractivity contribution in [3.63, 3.8) is 0 Å². The Morgan fingerprint density at radius 2 is 2.06 bits per heavy atom. The Morgan fingerprint density at radius 3 is 2.67 bits per heavy atom. The first-order chi connectivity index (χ1) is 8.63.